The summed E-state index contributed by atoms with van der Waals surface area (Å²) in [5, 5.41) is 62.2. The van der Waals surface area contributed by atoms with Crippen LogP contribution in [0.3, 0.4) is 0 Å². The SMILES string of the molecule is C=C[C@@](C)(O)CC[C@@H]1[C@@]2(C)CC[C@H](O)[C@@](C)(CO)[C@@H]2CC[C@@]1(C)O[C@H]1OC[C@@H](O)[C@@H](O)[C@@H]1O. The van der Waals surface area contributed by atoms with E-state index in [1.807, 2.05) is 13.8 Å². The van der Waals surface area contributed by atoms with Crippen LogP contribution in [0.2, 0.25) is 0 Å². The van der Waals surface area contributed by atoms with Crippen LogP contribution < -0.4 is 0 Å². The van der Waals surface area contributed by atoms with Gasteiger partial charge in [-0.15, -0.1) is 6.58 Å². The molecule has 0 aromatic carbocycles. The maximum absolute atomic E-state index is 10.8. The van der Waals surface area contributed by atoms with E-state index in [2.05, 4.69) is 13.5 Å². The van der Waals surface area contributed by atoms with Gasteiger partial charge in [-0.1, -0.05) is 19.9 Å². The summed E-state index contributed by atoms with van der Waals surface area (Å²) < 4.78 is 12.0. The molecular formula is C25H44O8. The molecule has 2 saturated carbocycles. The lowest BCUT2D eigenvalue weighted by molar-refractivity contribution is -0.326. The Labute approximate surface area is 197 Å². The Morgan fingerprint density at radius 1 is 1.09 bits per heavy atom. The molecule has 0 aromatic heterocycles. The zero-order valence-corrected chi connectivity index (χ0v) is 20.5. The minimum absolute atomic E-state index is 0.0405. The van der Waals surface area contributed by atoms with Gasteiger partial charge in [0.1, 0.15) is 18.3 Å². The fourth-order valence-electron chi connectivity index (χ4n) is 6.99. The van der Waals surface area contributed by atoms with E-state index in [0.29, 0.717) is 32.1 Å². The quantitative estimate of drug-likeness (QED) is 0.239. The second-order valence-corrected chi connectivity index (χ2v) is 11.6. The first-order valence-corrected chi connectivity index (χ1v) is 12.2. The Morgan fingerprint density at radius 2 is 1.76 bits per heavy atom. The highest BCUT2D eigenvalue weighted by Gasteiger charge is 2.62. The lowest BCUT2D eigenvalue weighted by atomic mass is 9.44. The molecule has 3 rings (SSSR count). The molecule has 2 aliphatic carbocycles. The third kappa shape index (κ3) is 4.78. The molecule has 6 N–H and O–H groups in total. The van der Waals surface area contributed by atoms with Crippen molar-refractivity contribution in [3.05, 3.63) is 12.7 Å². The van der Waals surface area contributed by atoms with Crippen molar-refractivity contribution in [1.29, 1.82) is 0 Å². The lowest BCUT2D eigenvalue weighted by Crippen LogP contribution is -2.64. The molecule has 33 heavy (non-hydrogen) atoms. The van der Waals surface area contributed by atoms with Crippen molar-refractivity contribution in [2.75, 3.05) is 13.2 Å². The first kappa shape index (κ1) is 27.0. The molecular weight excluding hydrogens is 428 g/mol. The Bertz CT molecular complexity index is 700. The topological polar surface area (TPSA) is 140 Å². The van der Waals surface area contributed by atoms with Gasteiger partial charge in [-0.3, -0.25) is 0 Å². The highest BCUT2D eigenvalue weighted by molar-refractivity contribution is 5.12. The number of hydrogen-bond acceptors (Lipinski definition) is 8. The second kappa shape index (κ2) is 9.47. The monoisotopic (exact) mass is 472 g/mol. The molecule has 0 aromatic rings. The molecule has 1 heterocycles. The van der Waals surface area contributed by atoms with E-state index < -0.39 is 47.3 Å². The Balaban J connectivity index is 1.95. The number of ether oxygens (including phenoxy) is 2. The maximum Gasteiger partial charge on any atom is 0.186 e. The Kier molecular flexibility index (Phi) is 7.75. The average Bonchev–Trinajstić information content (AvgIpc) is 2.76. The number of aliphatic hydroxyl groups excluding tert-OH is 5. The van der Waals surface area contributed by atoms with Gasteiger partial charge in [0.15, 0.2) is 6.29 Å². The van der Waals surface area contributed by atoms with Crippen molar-refractivity contribution >= 4 is 0 Å². The molecule has 0 amide bonds. The summed E-state index contributed by atoms with van der Waals surface area (Å²) >= 11 is 0. The predicted molar refractivity (Wildman–Crippen MR) is 122 cm³/mol. The van der Waals surface area contributed by atoms with Crippen molar-refractivity contribution in [2.45, 2.75) is 108 Å². The molecule has 8 heteroatoms. The van der Waals surface area contributed by atoms with Gasteiger partial charge < -0.3 is 40.1 Å². The van der Waals surface area contributed by atoms with Crippen molar-refractivity contribution in [3.63, 3.8) is 0 Å². The van der Waals surface area contributed by atoms with Gasteiger partial charge in [-0.05, 0) is 69.6 Å². The molecule has 0 unspecified atom stereocenters. The highest BCUT2D eigenvalue weighted by atomic mass is 16.7. The van der Waals surface area contributed by atoms with Crippen molar-refractivity contribution in [1.82, 2.24) is 0 Å². The van der Waals surface area contributed by atoms with Crippen LogP contribution >= 0.6 is 0 Å². The molecule has 0 radical (unpaired) electrons. The highest BCUT2D eigenvalue weighted by Crippen LogP contribution is 2.64. The summed E-state index contributed by atoms with van der Waals surface area (Å²) in [6.07, 6.45) is -0.407. The van der Waals surface area contributed by atoms with Crippen molar-refractivity contribution in [3.8, 4) is 0 Å². The zero-order chi connectivity index (χ0) is 24.8. The maximum atomic E-state index is 10.8. The van der Waals surface area contributed by atoms with E-state index in [9.17, 15) is 30.6 Å². The minimum Gasteiger partial charge on any atom is -0.396 e. The lowest BCUT2D eigenvalue weighted by Gasteiger charge is -2.64. The van der Waals surface area contributed by atoms with Crippen molar-refractivity contribution in [2.24, 2.45) is 22.7 Å². The Morgan fingerprint density at radius 3 is 2.36 bits per heavy atom. The van der Waals surface area contributed by atoms with Gasteiger partial charge >= 0.3 is 0 Å². The Hall–Kier alpha value is -0.580. The summed E-state index contributed by atoms with van der Waals surface area (Å²) in [7, 11) is 0. The van der Waals surface area contributed by atoms with E-state index in [-0.39, 0.29) is 30.5 Å². The van der Waals surface area contributed by atoms with Gasteiger partial charge in [-0.2, -0.15) is 0 Å². The van der Waals surface area contributed by atoms with Gasteiger partial charge in [0.25, 0.3) is 0 Å². The van der Waals surface area contributed by atoms with E-state index in [0.717, 1.165) is 6.42 Å². The molecule has 11 atom stereocenters. The largest absolute Gasteiger partial charge is 0.396 e. The van der Waals surface area contributed by atoms with Crippen LogP contribution in [0.5, 0.6) is 0 Å². The standard InChI is InChI=1S/C25H44O8/c1-6-22(2,31)10-7-17-23(3)11-9-18(28)24(4,14-26)16(23)8-12-25(17,5)33-21-20(30)19(29)15(27)13-32-21/h6,15-21,26-31H,1,7-14H2,2-5H3/t15-,16-,17-,18+,19-,20+,21-,22-,23+,24+,25-/m1/s1. The summed E-state index contributed by atoms with van der Waals surface area (Å²) in [5.41, 5.74) is -2.76. The summed E-state index contributed by atoms with van der Waals surface area (Å²) in [6, 6.07) is 0. The molecule has 1 aliphatic heterocycles. The first-order chi connectivity index (χ1) is 15.2. The van der Waals surface area contributed by atoms with Gasteiger partial charge in [0, 0.05) is 5.41 Å². The van der Waals surface area contributed by atoms with Crippen LogP contribution in [0.1, 0.15) is 66.2 Å². The van der Waals surface area contributed by atoms with E-state index >= 15 is 0 Å². The summed E-state index contributed by atoms with van der Waals surface area (Å²) in [4.78, 5) is 0. The zero-order valence-electron chi connectivity index (χ0n) is 20.5. The van der Waals surface area contributed by atoms with Gasteiger partial charge in [0.2, 0.25) is 0 Å². The van der Waals surface area contributed by atoms with Crippen LogP contribution in [0.15, 0.2) is 12.7 Å². The minimum atomic E-state index is -1.39. The second-order valence-electron chi connectivity index (χ2n) is 11.6. The van der Waals surface area contributed by atoms with E-state index in [1.54, 1.807) is 6.92 Å². The molecule has 8 nitrogen and oxygen atoms in total. The fraction of sp³-hybridized carbons (Fsp3) is 0.920. The van der Waals surface area contributed by atoms with Gasteiger partial charge in [-0.25, -0.2) is 0 Å². The molecule has 1 saturated heterocycles. The molecule has 3 aliphatic rings. The normalized spacial score (nSPS) is 50.3. The van der Waals surface area contributed by atoms with Crippen LogP contribution in [0.25, 0.3) is 0 Å². The van der Waals surface area contributed by atoms with E-state index in [4.69, 9.17) is 9.47 Å². The third-order valence-electron chi connectivity index (χ3n) is 9.33. The molecule has 0 bridgehead atoms. The summed E-state index contributed by atoms with van der Waals surface area (Å²) in [6.45, 7) is 11.3. The smallest absolute Gasteiger partial charge is 0.186 e. The van der Waals surface area contributed by atoms with Crippen molar-refractivity contribution < 1.29 is 40.1 Å². The third-order valence-corrected chi connectivity index (χ3v) is 9.33. The summed E-state index contributed by atoms with van der Waals surface area (Å²) in [5.74, 6) is -0.0490. The number of hydrogen-bond donors (Lipinski definition) is 6. The van der Waals surface area contributed by atoms with Crippen LogP contribution in [0.4, 0.5) is 0 Å². The number of fused-ring (bicyclic) bond motifs is 1. The predicted octanol–water partition coefficient (Wildman–Crippen LogP) is 1.10. The van der Waals surface area contributed by atoms with Crippen LogP contribution in [0, 0.1) is 22.7 Å². The molecule has 3 fully saturated rings. The van der Waals surface area contributed by atoms with Crippen LogP contribution in [-0.4, -0.2) is 85.8 Å². The van der Waals surface area contributed by atoms with E-state index in [1.165, 1.54) is 6.08 Å². The number of aliphatic hydroxyl groups is 6. The fourth-order valence-corrected chi connectivity index (χ4v) is 6.99. The molecule has 0 spiro atoms. The average molecular weight is 473 g/mol. The molecule has 192 valence electrons. The van der Waals surface area contributed by atoms with Crippen LogP contribution in [-0.2, 0) is 9.47 Å². The van der Waals surface area contributed by atoms with Gasteiger partial charge in [0.05, 0.1) is 30.5 Å². The number of rotatable bonds is 7. The first-order valence-electron chi connectivity index (χ1n) is 12.2.